The molecule has 0 aliphatic heterocycles. The average Bonchev–Trinajstić information content (AvgIpc) is 2.72. The van der Waals surface area contributed by atoms with E-state index in [1.54, 1.807) is 0 Å². The van der Waals surface area contributed by atoms with Crippen molar-refractivity contribution < 1.29 is 4.79 Å². The van der Waals surface area contributed by atoms with Crippen LogP contribution < -0.4 is 0 Å². The maximum Gasteiger partial charge on any atom is 0.141 e. The number of fused-ring (bicyclic) bond motifs is 1. The Balaban J connectivity index is 1.60. The van der Waals surface area contributed by atoms with Gasteiger partial charge in [0.25, 0.3) is 0 Å². The van der Waals surface area contributed by atoms with Gasteiger partial charge in [0.05, 0.1) is 0 Å². The van der Waals surface area contributed by atoms with Crippen LogP contribution in [0.4, 0.5) is 0 Å². The predicted octanol–water partition coefficient (Wildman–Crippen LogP) is 3.47. The van der Waals surface area contributed by atoms with Crippen molar-refractivity contribution in [1.29, 1.82) is 0 Å². The molecule has 1 heterocycles. The van der Waals surface area contributed by atoms with Gasteiger partial charge >= 0.3 is 0 Å². The summed E-state index contributed by atoms with van der Waals surface area (Å²) < 4.78 is 0. The minimum atomic E-state index is 0.445. The van der Waals surface area contributed by atoms with Crippen LogP contribution in [0.2, 0.25) is 0 Å². The van der Waals surface area contributed by atoms with E-state index in [0.717, 1.165) is 18.3 Å². The molecule has 0 spiro atoms. The number of carbonyl (C=O) groups is 1. The molecule has 0 aromatic carbocycles. The fourth-order valence-electron chi connectivity index (χ4n) is 3.30. The van der Waals surface area contributed by atoms with E-state index >= 15 is 0 Å². The first kappa shape index (κ1) is 10.5. The van der Waals surface area contributed by atoms with Crippen LogP contribution in [0.25, 0.3) is 0 Å². The molecule has 1 aromatic heterocycles. The van der Waals surface area contributed by atoms with Gasteiger partial charge in [0, 0.05) is 22.1 Å². The Morgan fingerprint density at radius 1 is 1.31 bits per heavy atom. The molecular formula is C14H18OS. The smallest absolute Gasteiger partial charge is 0.141 e. The average molecular weight is 234 g/mol. The van der Waals surface area contributed by atoms with Crippen molar-refractivity contribution >= 4 is 17.1 Å². The van der Waals surface area contributed by atoms with Crippen molar-refractivity contribution in [2.45, 2.75) is 39.0 Å². The van der Waals surface area contributed by atoms with Crippen molar-refractivity contribution in [2.24, 2.45) is 17.8 Å². The molecular weight excluding hydrogens is 216 g/mol. The minimum absolute atomic E-state index is 0.445. The highest BCUT2D eigenvalue weighted by atomic mass is 32.1. The number of ketones is 1. The first-order chi connectivity index (χ1) is 7.79. The fraction of sp³-hybridized carbons (Fsp3) is 0.643. The molecule has 16 heavy (non-hydrogen) atoms. The van der Waals surface area contributed by atoms with Gasteiger partial charge in [-0.1, -0.05) is 13.3 Å². The van der Waals surface area contributed by atoms with E-state index in [2.05, 4.69) is 19.1 Å². The van der Waals surface area contributed by atoms with Crippen LogP contribution in [-0.4, -0.2) is 5.78 Å². The van der Waals surface area contributed by atoms with Crippen LogP contribution in [0.1, 0.15) is 35.9 Å². The molecule has 2 saturated carbocycles. The monoisotopic (exact) mass is 234 g/mol. The molecule has 2 aliphatic rings. The van der Waals surface area contributed by atoms with Crippen LogP contribution in [0, 0.1) is 17.8 Å². The molecule has 0 radical (unpaired) electrons. The van der Waals surface area contributed by atoms with E-state index in [4.69, 9.17) is 0 Å². The summed E-state index contributed by atoms with van der Waals surface area (Å²) in [4.78, 5) is 14.8. The van der Waals surface area contributed by atoms with Crippen molar-refractivity contribution in [1.82, 2.24) is 0 Å². The van der Waals surface area contributed by atoms with Gasteiger partial charge in [-0.25, -0.2) is 0 Å². The molecule has 0 amide bonds. The molecule has 86 valence electrons. The highest BCUT2D eigenvalue weighted by molar-refractivity contribution is 7.12. The van der Waals surface area contributed by atoms with Crippen LogP contribution in [0.3, 0.4) is 0 Å². The third-order valence-electron chi connectivity index (χ3n) is 4.19. The van der Waals surface area contributed by atoms with E-state index in [-0.39, 0.29) is 0 Å². The molecule has 2 atom stereocenters. The lowest BCUT2D eigenvalue weighted by Gasteiger charge is -2.00. The van der Waals surface area contributed by atoms with E-state index in [0.29, 0.717) is 18.1 Å². The van der Waals surface area contributed by atoms with E-state index in [9.17, 15) is 4.79 Å². The molecule has 0 bridgehead atoms. The second-order valence-corrected chi connectivity index (χ2v) is 6.40. The normalized spacial score (nSPS) is 31.4. The maximum atomic E-state index is 12.1. The second kappa shape index (κ2) is 3.99. The topological polar surface area (TPSA) is 17.1 Å². The van der Waals surface area contributed by atoms with E-state index in [1.165, 1.54) is 29.0 Å². The van der Waals surface area contributed by atoms with E-state index < -0.39 is 0 Å². The highest BCUT2D eigenvalue weighted by Gasteiger charge is 2.55. The quantitative estimate of drug-likeness (QED) is 0.779. The second-order valence-electron chi connectivity index (χ2n) is 5.15. The van der Waals surface area contributed by atoms with Crippen molar-refractivity contribution in [2.75, 3.05) is 0 Å². The Bertz CT molecular complexity index is 397. The van der Waals surface area contributed by atoms with Gasteiger partial charge in [0.1, 0.15) is 5.78 Å². The number of hydrogen-bond acceptors (Lipinski definition) is 2. The predicted molar refractivity (Wildman–Crippen MR) is 66.7 cm³/mol. The summed E-state index contributed by atoms with van der Waals surface area (Å²) in [6.45, 7) is 2.17. The Morgan fingerprint density at radius 2 is 2.00 bits per heavy atom. The number of thiophene rings is 1. The first-order valence-electron chi connectivity index (χ1n) is 6.40. The third kappa shape index (κ3) is 1.73. The largest absolute Gasteiger partial charge is 0.299 e. The SMILES string of the molecule is CCc1ccc(CC(=O)C2C3CCCC32)s1. The van der Waals surface area contributed by atoms with Gasteiger partial charge < -0.3 is 0 Å². The maximum absolute atomic E-state index is 12.1. The highest BCUT2D eigenvalue weighted by Crippen LogP contribution is 2.58. The Morgan fingerprint density at radius 3 is 2.62 bits per heavy atom. The first-order valence-corrected chi connectivity index (χ1v) is 7.21. The van der Waals surface area contributed by atoms with Gasteiger partial charge in [-0.15, -0.1) is 11.3 Å². The van der Waals surface area contributed by atoms with Crippen LogP contribution in [0.5, 0.6) is 0 Å². The van der Waals surface area contributed by atoms with Gasteiger partial charge in [0.2, 0.25) is 0 Å². The van der Waals surface area contributed by atoms with Gasteiger partial charge in [-0.05, 0) is 43.2 Å². The van der Waals surface area contributed by atoms with Crippen molar-refractivity contribution in [3.05, 3.63) is 21.9 Å². The molecule has 1 nitrogen and oxygen atoms in total. The van der Waals surface area contributed by atoms with Crippen molar-refractivity contribution in [3.63, 3.8) is 0 Å². The molecule has 0 N–H and O–H groups in total. The summed E-state index contributed by atoms with van der Waals surface area (Å²) in [6, 6.07) is 4.31. The lowest BCUT2D eigenvalue weighted by Crippen LogP contribution is -2.07. The van der Waals surface area contributed by atoms with Crippen LogP contribution in [0.15, 0.2) is 12.1 Å². The van der Waals surface area contributed by atoms with Crippen LogP contribution >= 0.6 is 11.3 Å². The summed E-state index contributed by atoms with van der Waals surface area (Å²) in [5.74, 6) is 2.51. The van der Waals surface area contributed by atoms with Crippen molar-refractivity contribution in [3.8, 4) is 0 Å². The standard InChI is InChI=1S/C14H18OS/c1-2-9-6-7-10(16-9)8-13(15)14-11-4-3-5-12(11)14/h6-7,11-12,14H,2-5,8H2,1H3. The molecule has 0 saturated heterocycles. The summed E-state index contributed by atoms with van der Waals surface area (Å²) >= 11 is 1.81. The summed E-state index contributed by atoms with van der Waals surface area (Å²) in [5, 5.41) is 0. The zero-order valence-electron chi connectivity index (χ0n) is 9.74. The minimum Gasteiger partial charge on any atom is -0.299 e. The summed E-state index contributed by atoms with van der Waals surface area (Å²) in [6.07, 6.45) is 5.77. The number of hydrogen-bond donors (Lipinski definition) is 0. The third-order valence-corrected chi connectivity index (χ3v) is 5.42. The molecule has 2 fully saturated rings. The lowest BCUT2D eigenvalue weighted by atomic mass is 10.1. The summed E-state index contributed by atoms with van der Waals surface area (Å²) in [7, 11) is 0. The Kier molecular flexibility index (Phi) is 2.62. The molecule has 2 heteroatoms. The molecule has 1 aromatic rings. The molecule has 2 unspecified atom stereocenters. The number of aryl methyl sites for hydroxylation is 1. The van der Waals surface area contributed by atoms with Gasteiger partial charge in [-0.3, -0.25) is 4.79 Å². The number of carbonyl (C=O) groups excluding carboxylic acids is 1. The molecule has 3 rings (SSSR count). The Labute approximate surface area is 101 Å². The zero-order chi connectivity index (χ0) is 11.1. The number of rotatable bonds is 4. The number of Topliss-reactive ketones (excluding diaryl/α,β-unsaturated/α-hetero) is 1. The zero-order valence-corrected chi connectivity index (χ0v) is 10.6. The summed E-state index contributed by atoms with van der Waals surface area (Å²) in [5.41, 5.74) is 0. The van der Waals surface area contributed by atoms with Gasteiger partial charge in [-0.2, -0.15) is 0 Å². The lowest BCUT2D eigenvalue weighted by molar-refractivity contribution is -0.120. The van der Waals surface area contributed by atoms with Gasteiger partial charge in [0.15, 0.2) is 0 Å². The van der Waals surface area contributed by atoms with Crippen LogP contribution in [-0.2, 0) is 17.6 Å². The fourth-order valence-corrected chi connectivity index (χ4v) is 4.26. The molecule has 2 aliphatic carbocycles. The Hall–Kier alpha value is -0.630. The van der Waals surface area contributed by atoms with E-state index in [1.807, 2.05) is 11.3 Å².